The number of hydrogen-bond acceptors (Lipinski definition) is 3. The SMILES string of the molecule is Cc1cccc(-c2ccc(-c3cccc(C)n3)o2)n1.[Cl][Fe][Cl]. The normalized spacial score (nSPS) is 10.2. The zero-order chi connectivity index (χ0) is 15.9. The van der Waals surface area contributed by atoms with Gasteiger partial charge in [0, 0.05) is 11.4 Å². The van der Waals surface area contributed by atoms with Crippen molar-refractivity contribution >= 4 is 20.2 Å². The molecule has 0 aliphatic heterocycles. The van der Waals surface area contributed by atoms with Gasteiger partial charge in [-0.25, -0.2) is 9.97 Å². The van der Waals surface area contributed by atoms with E-state index < -0.39 is 0 Å². The molecule has 0 aromatic carbocycles. The van der Waals surface area contributed by atoms with Crippen molar-refractivity contribution < 1.29 is 17.6 Å². The Bertz CT molecular complexity index is 686. The van der Waals surface area contributed by atoms with Gasteiger partial charge in [0.15, 0.2) is 11.5 Å². The average molecular weight is 377 g/mol. The van der Waals surface area contributed by atoms with E-state index in [2.05, 4.69) is 9.97 Å². The molecule has 3 rings (SSSR count). The van der Waals surface area contributed by atoms with Crippen LogP contribution in [-0.4, -0.2) is 9.97 Å². The van der Waals surface area contributed by atoms with Gasteiger partial charge in [0.05, 0.1) is 0 Å². The Balaban J connectivity index is 0.000000545. The summed E-state index contributed by atoms with van der Waals surface area (Å²) in [5, 5.41) is 0. The van der Waals surface area contributed by atoms with Gasteiger partial charge in [-0.1, -0.05) is 12.1 Å². The molecule has 0 fully saturated rings. The van der Waals surface area contributed by atoms with Gasteiger partial charge in [0.2, 0.25) is 0 Å². The summed E-state index contributed by atoms with van der Waals surface area (Å²) >= 11 is 0.194. The Morgan fingerprint density at radius 3 is 1.55 bits per heavy atom. The molecule has 22 heavy (non-hydrogen) atoms. The van der Waals surface area contributed by atoms with E-state index in [0.29, 0.717) is 0 Å². The minimum absolute atomic E-state index is 0.194. The Hall–Kier alpha value is -1.32. The summed E-state index contributed by atoms with van der Waals surface area (Å²) in [4.78, 5) is 8.91. The maximum atomic E-state index is 5.84. The van der Waals surface area contributed by atoms with Gasteiger partial charge < -0.3 is 4.42 Å². The zero-order valence-electron chi connectivity index (χ0n) is 12.0. The number of pyridine rings is 2. The number of hydrogen-bond donors (Lipinski definition) is 0. The molecular formula is C16H14Cl2FeN2O. The monoisotopic (exact) mass is 376 g/mol. The Morgan fingerprint density at radius 2 is 1.18 bits per heavy atom. The van der Waals surface area contributed by atoms with E-state index in [1.165, 1.54) is 0 Å². The summed E-state index contributed by atoms with van der Waals surface area (Å²) in [5.41, 5.74) is 3.64. The molecule has 0 N–H and O–H groups in total. The fourth-order valence-electron chi connectivity index (χ4n) is 1.97. The molecule has 0 unspecified atom stereocenters. The first-order chi connectivity index (χ1) is 10.6. The van der Waals surface area contributed by atoms with Gasteiger partial charge in [0.1, 0.15) is 11.4 Å². The van der Waals surface area contributed by atoms with Crippen LogP contribution in [0.25, 0.3) is 22.9 Å². The number of aryl methyl sites for hydroxylation is 2. The van der Waals surface area contributed by atoms with Crippen molar-refractivity contribution in [3.63, 3.8) is 0 Å². The number of furan rings is 1. The molecule has 0 spiro atoms. The van der Waals surface area contributed by atoms with Crippen molar-refractivity contribution in [3.05, 3.63) is 59.9 Å². The minimum atomic E-state index is 0.194. The van der Waals surface area contributed by atoms with Crippen molar-refractivity contribution in [2.75, 3.05) is 0 Å². The van der Waals surface area contributed by atoms with E-state index >= 15 is 0 Å². The molecule has 3 aromatic rings. The molecule has 3 aromatic heterocycles. The number of rotatable bonds is 2. The second kappa shape index (κ2) is 8.35. The van der Waals surface area contributed by atoms with Crippen LogP contribution in [0, 0.1) is 13.8 Å². The van der Waals surface area contributed by atoms with E-state index in [1.54, 1.807) is 0 Å². The van der Waals surface area contributed by atoms with Crippen LogP contribution in [0.15, 0.2) is 52.9 Å². The summed E-state index contributed by atoms with van der Waals surface area (Å²) in [6.07, 6.45) is 0. The quantitative estimate of drug-likeness (QED) is 0.562. The average Bonchev–Trinajstić information content (AvgIpc) is 2.98. The van der Waals surface area contributed by atoms with Gasteiger partial charge >= 0.3 is 33.3 Å². The van der Waals surface area contributed by atoms with Gasteiger partial charge in [-0.3, -0.25) is 0 Å². The van der Waals surface area contributed by atoms with Crippen LogP contribution in [0.3, 0.4) is 0 Å². The number of halogens is 2. The maximum absolute atomic E-state index is 5.84. The molecule has 0 saturated heterocycles. The Morgan fingerprint density at radius 1 is 0.773 bits per heavy atom. The second-order valence-corrected chi connectivity index (χ2v) is 6.37. The summed E-state index contributed by atoms with van der Waals surface area (Å²) < 4.78 is 5.84. The summed E-state index contributed by atoms with van der Waals surface area (Å²) in [6.45, 7) is 3.94. The molecule has 6 heteroatoms. The summed E-state index contributed by atoms with van der Waals surface area (Å²) in [7, 11) is 9.53. The van der Waals surface area contributed by atoms with E-state index in [0.717, 1.165) is 34.3 Å². The van der Waals surface area contributed by atoms with Gasteiger partial charge in [-0.05, 0) is 50.2 Å². The summed E-state index contributed by atoms with van der Waals surface area (Å²) in [5.74, 6) is 1.53. The van der Waals surface area contributed by atoms with Crippen molar-refractivity contribution in [2.45, 2.75) is 13.8 Å². The first-order valence-corrected chi connectivity index (χ1v) is 9.51. The third-order valence-corrected chi connectivity index (χ3v) is 2.89. The first kappa shape index (κ1) is 17.0. The molecule has 0 atom stereocenters. The first-order valence-electron chi connectivity index (χ1n) is 6.47. The van der Waals surface area contributed by atoms with Crippen molar-refractivity contribution in [2.24, 2.45) is 0 Å². The van der Waals surface area contributed by atoms with Crippen LogP contribution in [0.4, 0.5) is 0 Å². The molecule has 116 valence electrons. The van der Waals surface area contributed by atoms with Gasteiger partial charge in [0.25, 0.3) is 0 Å². The molecule has 0 bridgehead atoms. The topological polar surface area (TPSA) is 38.9 Å². The van der Waals surface area contributed by atoms with Crippen molar-refractivity contribution in [1.29, 1.82) is 0 Å². The van der Waals surface area contributed by atoms with Crippen molar-refractivity contribution in [1.82, 2.24) is 9.97 Å². The van der Waals surface area contributed by atoms with E-state index in [9.17, 15) is 0 Å². The van der Waals surface area contributed by atoms with Crippen LogP contribution in [0.1, 0.15) is 11.4 Å². The van der Waals surface area contributed by atoms with E-state index in [4.69, 9.17) is 24.6 Å². The second-order valence-electron chi connectivity index (χ2n) is 4.54. The van der Waals surface area contributed by atoms with Crippen molar-refractivity contribution in [3.8, 4) is 22.9 Å². The molecule has 3 nitrogen and oxygen atoms in total. The van der Waals surface area contributed by atoms with E-state index in [-0.39, 0.29) is 13.1 Å². The zero-order valence-corrected chi connectivity index (χ0v) is 14.6. The van der Waals surface area contributed by atoms with E-state index in [1.807, 2.05) is 62.4 Å². The standard InChI is InChI=1S/C16H14N2O.2ClH.Fe/c1-11-5-3-7-13(17-11)15-9-10-16(19-15)14-8-4-6-12(2)18-14;;;/h3-10H,1-2H3;2*1H;/q;;;+2/p-2. The molecule has 0 aliphatic carbocycles. The predicted molar refractivity (Wildman–Crippen MR) is 86.4 cm³/mol. The van der Waals surface area contributed by atoms with Crippen LogP contribution in [-0.2, 0) is 13.1 Å². The fourth-order valence-corrected chi connectivity index (χ4v) is 1.97. The third-order valence-electron chi connectivity index (χ3n) is 2.89. The van der Waals surface area contributed by atoms with Gasteiger partial charge in [-0.15, -0.1) is 0 Å². The van der Waals surface area contributed by atoms with Crippen LogP contribution in [0.5, 0.6) is 0 Å². The Labute approximate surface area is 144 Å². The third kappa shape index (κ3) is 4.59. The molecule has 0 radical (unpaired) electrons. The fraction of sp³-hybridized carbons (Fsp3) is 0.125. The number of aromatic nitrogens is 2. The van der Waals surface area contributed by atoms with Crippen LogP contribution >= 0.6 is 20.2 Å². The molecule has 3 heterocycles. The van der Waals surface area contributed by atoms with Gasteiger partial charge in [-0.2, -0.15) is 0 Å². The summed E-state index contributed by atoms with van der Waals surface area (Å²) in [6, 6.07) is 15.6. The molecule has 0 aliphatic rings. The number of nitrogens with zero attached hydrogens (tertiary/aromatic N) is 2. The van der Waals surface area contributed by atoms with Crippen LogP contribution in [0.2, 0.25) is 0 Å². The predicted octanol–water partition coefficient (Wildman–Crippen LogP) is 5.40. The Kier molecular flexibility index (Phi) is 6.47. The molecular weight excluding hydrogens is 363 g/mol. The molecule has 0 saturated carbocycles. The van der Waals surface area contributed by atoms with Crippen LogP contribution < -0.4 is 0 Å². The molecule has 0 amide bonds.